The van der Waals surface area contributed by atoms with E-state index in [4.69, 9.17) is 70.6 Å². The third kappa shape index (κ3) is 11.4. The molecule has 8 rings (SSSR count). The first-order valence-electron chi connectivity index (χ1n) is 21.1. The van der Waals surface area contributed by atoms with Gasteiger partial charge in [0.25, 0.3) is 0 Å². The first-order valence-corrected chi connectivity index (χ1v) is 27.2. The van der Waals surface area contributed by atoms with Crippen molar-refractivity contribution in [1.82, 2.24) is 18.6 Å². The molecule has 0 unspecified atom stereocenters. The van der Waals surface area contributed by atoms with Crippen LogP contribution in [0.3, 0.4) is 0 Å². The van der Waals surface area contributed by atoms with Crippen LogP contribution in [-0.2, 0) is 32.9 Å². The number of piperazine rings is 2. The fourth-order valence-electron chi connectivity index (χ4n) is 8.05. The molecule has 67 heavy (non-hydrogen) atoms. The van der Waals surface area contributed by atoms with Gasteiger partial charge in [0.1, 0.15) is 9.79 Å². The lowest BCUT2D eigenvalue weighted by atomic mass is 9.96. The minimum Gasteiger partial charge on any atom is -0.493 e. The number of ether oxygens (including phenoxy) is 3. The van der Waals surface area contributed by atoms with Crippen LogP contribution >= 0.6 is 69.1 Å². The summed E-state index contributed by atoms with van der Waals surface area (Å²) in [6.45, 7) is 10.0. The third-order valence-corrected chi connectivity index (χ3v) is 19.1. The SMILES string of the molecule is COc1cc(Cc2csc(N3CCN(S(=O)(=O)c4cccc(Cl)c4Cl)CC3)n2)cc(OC)c1OC.Cc1cc(C)c(Cc2csc(N3CCN(S(=O)(=O)c4cccc(Cl)c4Cl)CC3)n2)c(C)c1. The van der Waals surface area contributed by atoms with E-state index in [-0.39, 0.29) is 29.9 Å². The molecule has 2 aromatic heterocycles. The Balaban J connectivity index is 0.000000200. The fourth-order valence-corrected chi connectivity index (χ4v) is 14.1. The standard InChI is InChI=1S/C23H25Cl2N3O5S2.C23H25Cl2N3O2S2/c1-31-18-12-15(13-19(32-2)22(18)33-3)11-16-14-34-23(26-16)27-7-9-28(10-8-27)35(29,30)20-6-4-5-17(24)21(20)25;1-15-11-16(2)19(17(3)12-15)13-18-14-31-23(26-18)27-7-9-28(10-8-27)32(29,30)21-6-4-5-20(24)22(21)25/h4-6,12-14H,7-11H2,1-3H3;4-6,11-12,14H,7-10,13H2,1-3H3. The molecular formula is C46H50Cl4N6O7S4. The Morgan fingerprint density at radius 1 is 0.582 bits per heavy atom. The molecular weight excluding hydrogens is 1020 g/mol. The van der Waals surface area contributed by atoms with Crippen molar-refractivity contribution >= 4 is 99.4 Å². The average molecular weight is 1070 g/mol. The first kappa shape index (κ1) is 51.0. The second-order valence-electron chi connectivity index (χ2n) is 15.9. The zero-order valence-corrected chi connectivity index (χ0v) is 44.0. The highest BCUT2D eigenvalue weighted by Crippen LogP contribution is 2.39. The number of aryl methyl sites for hydroxylation is 3. The van der Waals surface area contributed by atoms with Crippen LogP contribution in [0.5, 0.6) is 17.2 Å². The summed E-state index contributed by atoms with van der Waals surface area (Å²) in [5.74, 6) is 1.73. The molecule has 2 saturated heterocycles. The Labute approximate surface area is 420 Å². The third-order valence-electron chi connectivity index (χ3n) is 11.5. The van der Waals surface area contributed by atoms with E-state index < -0.39 is 20.0 Å². The molecule has 0 spiro atoms. The lowest BCUT2D eigenvalue weighted by molar-refractivity contribution is 0.324. The van der Waals surface area contributed by atoms with Crippen LogP contribution < -0.4 is 24.0 Å². The van der Waals surface area contributed by atoms with Gasteiger partial charge in [-0.3, -0.25) is 0 Å². The smallest absolute Gasteiger partial charge is 0.244 e. The summed E-state index contributed by atoms with van der Waals surface area (Å²) in [6, 6.07) is 17.6. The zero-order valence-electron chi connectivity index (χ0n) is 37.7. The van der Waals surface area contributed by atoms with E-state index in [0.717, 1.165) is 33.6 Å². The molecule has 0 amide bonds. The molecule has 0 aliphatic carbocycles. The van der Waals surface area contributed by atoms with Crippen LogP contribution in [0.15, 0.2) is 81.2 Å². The van der Waals surface area contributed by atoms with Crippen molar-refractivity contribution in [2.75, 3.05) is 83.5 Å². The molecule has 0 radical (unpaired) electrons. The summed E-state index contributed by atoms with van der Waals surface area (Å²) < 4.78 is 71.4. The van der Waals surface area contributed by atoms with Gasteiger partial charge in [-0.15, -0.1) is 22.7 Å². The maximum absolute atomic E-state index is 13.1. The number of aromatic nitrogens is 2. The Bertz CT molecular complexity index is 2910. The normalized spacial score (nSPS) is 15.0. The predicted molar refractivity (Wildman–Crippen MR) is 271 cm³/mol. The fraction of sp³-hybridized carbons (Fsp3) is 0.348. The Morgan fingerprint density at radius 3 is 1.40 bits per heavy atom. The number of anilines is 2. The van der Waals surface area contributed by atoms with Crippen molar-refractivity contribution < 1.29 is 31.0 Å². The molecule has 0 N–H and O–H groups in total. The molecule has 21 heteroatoms. The summed E-state index contributed by atoms with van der Waals surface area (Å²) in [5, 5.41) is 6.46. The van der Waals surface area contributed by atoms with E-state index in [9.17, 15) is 16.8 Å². The topological polar surface area (TPSA) is 135 Å². The van der Waals surface area contributed by atoms with Gasteiger partial charge < -0.3 is 24.0 Å². The summed E-state index contributed by atoms with van der Waals surface area (Å²) in [5.41, 5.74) is 8.09. The molecule has 0 bridgehead atoms. The maximum atomic E-state index is 13.1. The highest BCUT2D eigenvalue weighted by molar-refractivity contribution is 7.89. The number of methoxy groups -OCH3 is 3. The lowest BCUT2D eigenvalue weighted by Crippen LogP contribution is -2.48. The van der Waals surface area contributed by atoms with E-state index in [0.29, 0.717) is 76.0 Å². The molecule has 2 aliphatic rings. The molecule has 4 heterocycles. The first-order chi connectivity index (χ1) is 31.9. The minimum atomic E-state index is -3.74. The van der Waals surface area contributed by atoms with Crippen LogP contribution in [0, 0.1) is 20.8 Å². The Morgan fingerprint density at radius 2 is 1.00 bits per heavy atom. The molecule has 0 saturated carbocycles. The van der Waals surface area contributed by atoms with Crippen molar-refractivity contribution in [3.8, 4) is 17.2 Å². The van der Waals surface area contributed by atoms with Crippen LogP contribution in [0.2, 0.25) is 20.1 Å². The zero-order chi connectivity index (χ0) is 48.2. The van der Waals surface area contributed by atoms with Crippen molar-refractivity contribution in [2.45, 2.75) is 43.4 Å². The molecule has 4 aromatic carbocycles. The predicted octanol–water partition coefficient (Wildman–Crippen LogP) is 10.1. The van der Waals surface area contributed by atoms with Gasteiger partial charge in [-0.05, 0) is 79.4 Å². The number of thiazole rings is 2. The van der Waals surface area contributed by atoms with Gasteiger partial charge in [-0.1, -0.05) is 76.2 Å². The monoisotopic (exact) mass is 1070 g/mol. The van der Waals surface area contributed by atoms with Gasteiger partial charge in [0.15, 0.2) is 21.8 Å². The molecule has 13 nitrogen and oxygen atoms in total. The number of rotatable bonds is 13. The van der Waals surface area contributed by atoms with Gasteiger partial charge in [0.05, 0.1) is 52.8 Å². The molecule has 0 atom stereocenters. The highest BCUT2D eigenvalue weighted by atomic mass is 35.5. The number of hydrogen-bond acceptors (Lipinski definition) is 13. The van der Waals surface area contributed by atoms with E-state index in [1.54, 1.807) is 56.9 Å². The minimum absolute atomic E-state index is 0.0296. The number of hydrogen-bond donors (Lipinski definition) is 0. The average Bonchev–Trinajstić information content (AvgIpc) is 3.99. The highest BCUT2D eigenvalue weighted by Gasteiger charge is 2.33. The number of nitrogens with zero attached hydrogens (tertiary/aromatic N) is 6. The molecule has 358 valence electrons. The Hall–Kier alpha value is -3.88. The largest absolute Gasteiger partial charge is 0.493 e. The Kier molecular flexibility index (Phi) is 16.6. The van der Waals surface area contributed by atoms with Gasteiger partial charge in [-0.25, -0.2) is 26.8 Å². The summed E-state index contributed by atoms with van der Waals surface area (Å²) in [7, 11) is -2.69. The van der Waals surface area contributed by atoms with Gasteiger partial charge >= 0.3 is 0 Å². The van der Waals surface area contributed by atoms with Gasteiger partial charge in [0, 0.05) is 76.0 Å². The van der Waals surface area contributed by atoms with Crippen molar-refractivity contribution in [2.24, 2.45) is 0 Å². The van der Waals surface area contributed by atoms with E-state index in [1.807, 2.05) is 17.5 Å². The lowest BCUT2D eigenvalue weighted by Gasteiger charge is -2.34. The molecule has 2 aliphatic heterocycles. The summed E-state index contributed by atoms with van der Waals surface area (Å²) in [6.07, 6.45) is 1.39. The van der Waals surface area contributed by atoms with E-state index in [2.05, 4.69) is 48.1 Å². The van der Waals surface area contributed by atoms with Gasteiger partial charge in [-0.2, -0.15) is 8.61 Å². The summed E-state index contributed by atoms with van der Waals surface area (Å²) in [4.78, 5) is 13.9. The van der Waals surface area contributed by atoms with Crippen molar-refractivity contribution in [1.29, 1.82) is 0 Å². The number of halogens is 4. The van der Waals surface area contributed by atoms with Crippen LogP contribution in [0.1, 0.15) is 39.2 Å². The van der Waals surface area contributed by atoms with Crippen LogP contribution in [0.4, 0.5) is 10.3 Å². The second-order valence-corrected chi connectivity index (χ2v) is 22.9. The van der Waals surface area contributed by atoms with E-state index >= 15 is 0 Å². The number of benzene rings is 4. The quantitative estimate of drug-likeness (QED) is 0.109. The van der Waals surface area contributed by atoms with Crippen molar-refractivity contribution in [3.05, 3.63) is 131 Å². The maximum Gasteiger partial charge on any atom is 0.244 e. The summed E-state index contributed by atoms with van der Waals surface area (Å²) >= 11 is 27.5. The van der Waals surface area contributed by atoms with Gasteiger partial charge in [0.2, 0.25) is 25.8 Å². The molecule has 6 aromatic rings. The second kappa shape index (κ2) is 21.8. The van der Waals surface area contributed by atoms with Crippen molar-refractivity contribution in [3.63, 3.8) is 0 Å². The number of sulfonamides is 2. The van der Waals surface area contributed by atoms with Crippen LogP contribution in [0.25, 0.3) is 0 Å². The molecule has 2 fully saturated rings. The van der Waals surface area contributed by atoms with E-state index in [1.165, 1.54) is 54.3 Å². The van der Waals surface area contributed by atoms with Crippen LogP contribution in [-0.4, -0.2) is 109 Å².